The first kappa shape index (κ1) is 45.5. The third kappa shape index (κ3) is 37.1. The first-order valence-corrected chi connectivity index (χ1v) is 19.8. The molecule has 0 N–H and O–H groups in total. The molecule has 0 aliphatic rings. The van der Waals surface area contributed by atoms with Crippen LogP contribution >= 0.6 is 7.82 Å². The van der Waals surface area contributed by atoms with Crippen LogP contribution in [0.2, 0.25) is 0 Å². The average Bonchev–Trinajstić information content (AvgIpc) is 3.00. The minimum Gasteiger partial charge on any atom is -0.756 e. The van der Waals surface area contributed by atoms with Crippen molar-refractivity contribution < 1.29 is 37.3 Å². The van der Waals surface area contributed by atoms with Gasteiger partial charge in [0.15, 0.2) is 0 Å². The molecule has 47 heavy (non-hydrogen) atoms. The number of unbranched alkanes of at least 4 members (excludes halogenated alkanes) is 13. The van der Waals surface area contributed by atoms with E-state index < -0.39 is 19.9 Å². The Kier molecular flexibility index (Phi) is 30.7. The lowest BCUT2D eigenvalue weighted by Crippen LogP contribution is -2.37. The Labute approximate surface area is 288 Å². The topological polar surface area (TPSA) is 94.1 Å². The summed E-state index contributed by atoms with van der Waals surface area (Å²) >= 11 is 0. The van der Waals surface area contributed by atoms with E-state index in [-0.39, 0.29) is 19.8 Å². The summed E-state index contributed by atoms with van der Waals surface area (Å²) in [6.07, 6.45) is 39.1. The second-order valence-corrected chi connectivity index (χ2v) is 14.7. The number of hydrogen-bond donors (Lipinski definition) is 0. The van der Waals surface area contributed by atoms with Crippen LogP contribution in [0.3, 0.4) is 0 Å². The Bertz CT molecular complexity index is 895. The normalized spacial score (nSPS) is 14.6. The molecule has 0 aliphatic heterocycles. The molecule has 0 aromatic rings. The third-order valence-electron chi connectivity index (χ3n) is 7.44. The average molecular weight is 684 g/mol. The van der Waals surface area contributed by atoms with E-state index in [1.165, 1.54) is 84.0 Å². The Morgan fingerprint density at radius 1 is 0.660 bits per heavy atom. The number of likely N-dealkylation sites (N-methyl/N-ethyl adjacent to an activating group) is 1. The fourth-order valence-corrected chi connectivity index (χ4v) is 5.44. The van der Waals surface area contributed by atoms with Crippen molar-refractivity contribution in [2.75, 3.05) is 54.1 Å². The molecule has 2 atom stereocenters. The highest BCUT2D eigenvalue weighted by molar-refractivity contribution is 7.45. The number of hydrogen-bond acceptors (Lipinski definition) is 7. The van der Waals surface area contributed by atoms with Gasteiger partial charge in [-0.15, -0.1) is 0 Å². The van der Waals surface area contributed by atoms with Gasteiger partial charge in [-0.3, -0.25) is 9.36 Å². The van der Waals surface area contributed by atoms with Crippen LogP contribution in [0.4, 0.5) is 0 Å². The maximum atomic E-state index is 12.0. The molecule has 2 unspecified atom stereocenters. The standard InChI is InChI=1S/C38H70NO7P/c1-6-7-8-9-10-11-12-13-14-15-16-17-18-19-20-21-22-23-24-25-26-27-28-29-30-31-33-43-35-38(46-37(2)40)36-45-47(41,42)44-34-32-39(3,4)5/h7-8,10-11,13-14,16-17,38H,6,9,12,15,18-36H2,1-5H3/b8-7-,11-10-,14-13-,17-16-. The molecule has 0 saturated carbocycles. The summed E-state index contributed by atoms with van der Waals surface area (Å²) < 4.78 is 33.2. The molecule has 0 saturated heterocycles. The zero-order chi connectivity index (χ0) is 34.9. The van der Waals surface area contributed by atoms with Gasteiger partial charge in [-0.2, -0.15) is 0 Å². The predicted octanol–water partition coefficient (Wildman–Crippen LogP) is 9.41. The number of rotatable bonds is 33. The number of carbonyl (C=O) groups excluding carboxylic acids is 1. The summed E-state index contributed by atoms with van der Waals surface area (Å²) in [5.41, 5.74) is 0. The highest BCUT2D eigenvalue weighted by Crippen LogP contribution is 2.38. The Hall–Kier alpha value is -1.54. The van der Waals surface area contributed by atoms with E-state index in [0.29, 0.717) is 17.6 Å². The van der Waals surface area contributed by atoms with Crippen LogP contribution in [0.5, 0.6) is 0 Å². The van der Waals surface area contributed by atoms with E-state index >= 15 is 0 Å². The van der Waals surface area contributed by atoms with E-state index in [2.05, 4.69) is 55.5 Å². The minimum atomic E-state index is -4.47. The molecular formula is C38H70NO7P. The van der Waals surface area contributed by atoms with Gasteiger partial charge in [-0.1, -0.05) is 126 Å². The third-order valence-corrected chi connectivity index (χ3v) is 8.41. The van der Waals surface area contributed by atoms with Gasteiger partial charge in [-0.25, -0.2) is 0 Å². The van der Waals surface area contributed by atoms with Crippen molar-refractivity contribution in [2.45, 2.75) is 136 Å². The van der Waals surface area contributed by atoms with Gasteiger partial charge >= 0.3 is 5.97 Å². The van der Waals surface area contributed by atoms with Crippen LogP contribution in [0.1, 0.15) is 129 Å². The fourth-order valence-electron chi connectivity index (χ4n) is 4.71. The molecule has 0 spiro atoms. The van der Waals surface area contributed by atoms with Gasteiger partial charge in [0.25, 0.3) is 7.82 Å². The van der Waals surface area contributed by atoms with Crippen molar-refractivity contribution in [3.8, 4) is 0 Å². The number of carbonyl (C=O) groups is 1. The van der Waals surface area contributed by atoms with Crippen molar-refractivity contribution in [1.29, 1.82) is 0 Å². The van der Waals surface area contributed by atoms with Crippen molar-refractivity contribution in [2.24, 2.45) is 0 Å². The Morgan fingerprint density at radius 2 is 1.13 bits per heavy atom. The van der Waals surface area contributed by atoms with Crippen LogP contribution < -0.4 is 4.89 Å². The van der Waals surface area contributed by atoms with Gasteiger partial charge in [-0.05, 0) is 44.9 Å². The Balaban J connectivity index is 3.60. The molecule has 274 valence electrons. The van der Waals surface area contributed by atoms with E-state index in [4.69, 9.17) is 18.5 Å². The molecule has 0 radical (unpaired) electrons. The van der Waals surface area contributed by atoms with Crippen LogP contribution in [0.15, 0.2) is 48.6 Å². The number of quaternary nitrogens is 1. The molecule has 0 rings (SSSR count). The van der Waals surface area contributed by atoms with E-state index in [9.17, 15) is 14.3 Å². The number of nitrogens with zero attached hydrogens (tertiary/aromatic N) is 1. The summed E-state index contributed by atoms with van der Waals surface area (Å²) in [6, 6.07) is 0. The number of ether oxygens (including phenoxy) is 2. The summed E-state index contributed by atoms with van der Waals surface area (Å²) in [6.45, 7) is 4.28. The van der Waals surface area contributed by atoms with Crippen molar-refractivity contribution >= 4 is 13.8 Å². The lowest BCUT2D eigenvalue weighted by atomic mass is 10.0. The highest BCUT2D eigenvalue weighted by Gasteiger charge is 2.19. The molecule has 0 aromatic carbocycles. The second-order valence-electron chi connectivity index (χ2n) is 13.3. The quantitative estimate of drug-likeness (QED) is 0.0224. The zero-order valence-electron chi connectivity index (χ0n) is 30.7. The monoisotopic (exact) mass is 683 g/mol. The minimum absolute atomic E-state index is 0.0215. The van der Waals surface area contributed by atoms with E-state index in [1.807, 2.05) is 21.1 Å². The lowest BCUT2D eigenvalue weighted by Gasteiger charge is -2.28. The number of allylic oxidation sites excluding steroid dienone is 8. The SMILES string of the molecule is CC/C=C\C/C=C\C/C=C\C/C=C\CCCCCCCCCCCCCCCOCC(COP(=O)([O-])OCC[N+](C)(C)C)OC(C)=O. The van der Waals surface area contributed by atoms with Gasteiger partial charge < -0.3 is 27.9 Å². The largest absolute Gasteiger partial charge is 0.756 e. The summed E-state index contributed by atoms with van der Waals surface area (Å²) in [4.78, 5) is 23.4. The van der Waals surface area contributed by atoms with Gasteiger partial charge in [0.1, 0.15) is 19.3 Å². The number of phosphoric ester groups is 1. The summed E-state index contributed by atoms with van der Waals surface area (Å²) in [7, 11) is 1.34. The zero-order valence-corrected chi connectivity index (χ0v) is 31.6. The van der Waals surface area contributed by atoms with Crippen molar-refractivity contribution in [3.05, 3.63) is 48.6 Å². The first-order chi connectivity index (χ1) is 22.6. The predicted molar refractivity (Wildman–Crippen MR) is 194 cm³/mol. The van der Waals surface area contributed by atoms with Crippen LogP contribution in [-0.2, 0) is 27.9 Å². The molecule has 0 amide bonds. The number of esters is 1. The van der Waals surface area contributed by atoms with Gasteiger partial charge in [0.2, 0.25) is 0 Å². The number of phosphoric acid groups is 1. The van der Waals surface area contributed by atoms with Crippen molar-refractivity contribution in [3.63, 3.8) is 0 Å². The second kappa shape index (κ2) is 31.7. The first-order valence-electron chi connectivity index (χ1n) is 18.3. The highest BCUT2D eigenvalue weighted by atomic mass is 31.2. The molecule has 0 fully saturated rings. The van der Waals surface area contributed by atoms with Crippen molar-refractivity contribution in [1.82, 2.24) is 0 Å². The van der Waals surface area contributed by atoms with Crippen LogP contribution in [0, 0.1) is 0 Å². The van der Waals surface area contributed by atoms with Crippen LogP contribution in [0.25, 0.3) is 0 Å². The van der Waals surface area contributed by atoms with E-state index in [0.717, 1.165) is 38.5 Å². The summed E-state index contributed by atoms with van der Waals surface area (Å²) in [5.74, 6) is -0.512. The molecule has 0 heterocycles. The molecule has 8 nitrogen and oxygen atoms in total. The molecule has 0 aliphatic carbocycles. The molecule has 9 heteroatoms. The smallest absolute Gasteiger partial charge is 0.303 e. The summed E-state index contributed by atoms with van der Waals surface area (Å²) in [5, 5.41) is 0. The molecule has 0 bridgehead atoms. The molecular weight excluding hydrogens is 613 g/mol. The van der Waals surface area contributed by atoms with Gasteiger partial charge in [0, 0.05) is 13.5 Å². The van der Waals surface area contributed by atoms with E-state index in [1.54, 1.807) is 0 Å². The Morgan fingerprint density at radius 3 is 1.62 bits per heavy atom. The van der Waals surface area contributed by atoms with Crippen LogP contribution in [-0.4, -0.2) is 70.7 Å². The maximum Gasteiger partial charge on any atom is 0.303 e. The van der Waals surface area contributed by atoms with Gasteiger partial charge in [0.05, 0.1) is 34.4 Å². The molecule has 0 aromatic heterocycles. The maximum absolute atomic E-state index is 12.0. The lowest BCUT2D eigenvalue weighted by molar-refractivity contribution is -0.870. The fraction of sp³-hybridized carbons (Fsp3) is 0.763.